The van der Waals surface area contributed by atoms with Gasteiger partial charge in [0.05, 0.1) is 26.3 Å². The van der Waals surface area contributed by atoms with E-state index in [1.165, 1.54) is 57.5 Å². The number of nitro benzene ring substituents is 1. The second-order valence-corrected chi connectivity index (χ2v) is 6.61. The highest BCUT2D eigenvalue weighted by atomic mass is 79.9. The van der Waals surface area contributed by atoms with Gasteiger partial charge in [0.2, 0.25) is 11.5 Å². The number of nitro groups is 1. The lowest BCUT2D eigenvalue weighted by atomic mass is 10.1. The fourth-order valence-electron chi connectivity index (χ4n) is 2.68. The van der Waals surface area contributed by atoms with Crippen molar-refractivity contribution in [2.24, 2.45) is 0 Å². The van der Waals surface area contributed by atoms with Gasteiger partial charge in [-0.3, -0.25) is 14.9 Å². The minimum Gasteiger partial charge on any atom is -0.493 e. The van der Waals surface area contributed by atoms with Gasteiger partial charge in [0, 0.05) is 29.7 Å². The van der Waals surface area contributed by atoms with E-state index in [-0.39, 0.29) is 34.9 Å². The quantitative estimate of drug-likeness (QED) is 0.464. The molecule has 0 fully saturated rings. The molecule has 1 amide bonds. The average molecular weight is 457 g/mol. The van der Waals surface area contributed by atoms with Crippen LogP contribution in [0.4, 0.5) is 10.1 Å². The van der Waals surface area contributed by atoms with Gasteiger partial charge in [-0.25, -0.2) is 4.39 Å². The molecule has 0 heterocycles. The van der Waals surface area contributed by atoms with Gasteiger partial charge in [-0.15, -0.1) is 0 Å². The first-order chi connectivity index (χ1) is 13.2. The number of hydrogen-bond acceptors (Lipinski definition) is 6. The van der Waals surface area contributed by atoms with Crippen molar-refractivity contribution in [1.82, 2.24) is 4.90 Å². The van der Waals surface area contributed by atoms with Gasteiger partial charge in [0.25, 0.3) is 5.91 Å². The third-order valence-corrected chi connectivity index (χ3v) is 4.47. The Labute approximate surface area is 169 Å². The first kappa shape index (κ1) is 21.4. The Morgan fingerprint density at radius 1 is 1.18 bits per heavy atom. The standard InChI is InChI=1S/C18H18BrFN2O6/c1-21(9-10-7-11(19)5-6-13(10)20)18(23)12-8-14(26-2)16(27-3)17(28-4)15(12)22(24)25/h5-8H,9H2,1-4H3. The maximum atomic E-state index is 14.0. The number of carbonyl (C=O) groups excluding carboxylic acids is 1. The summed E-state index contributed by atoms with van der Waals surface area (Å²) < 4.78 is 30.1. The number of ether oxygens (including phenoxy) is 3. The summed E-state index contributed by atoms with van der Waals surface area (Å²) in [5.41, 5.74) is -0.579. The molecule has 2 aromatic carbocycles. The second kappa shape index (κ2) is 8.87. The molecule has 28 heavy (non-hydrogen) atoms. The number of benzene rings is 2. The van der Waals surface area contributed by atoms with Crippen LogP contribution in [0.5, 0.6) is 17.2 Å². The molecule has 0 bridgehead atoms. The van der Waals surface area contributed by atoms with Crippen molar-refractivity contribution in [2.75, 3.05) is 28.4 Å². The number of hydrogen-bond donors (Lipinski definition) is 0. The van der Waals surface area contributed by atoms with Gasteiger partial charge in [0.1, 0.15) is 11.4 Å². The summed E-state index contributed by atoms with van der Waals surface area (Å²) in [5, 5.41) is 11.6. The number of methoxy groups -OCH3 is 3. The van der Waals surface area contributed by atoms with Gasteiger partial charge in [-0.2, -0.15) is 0 Å². The van der Waals surface area contributed by atoms with Crippen LogP contribution >= 0.6 is 15.9 Å². The molecule has 0 unspecified atom stereocenters. The maximum Gasteiger partial charge on any atom is 0.327 e. The molecule has 2 rings (SSSR count). The van der Waals surface area contributed by atoms with Gasteiger partial charge in [-0.1, -0.05) is 15.9 Å². The Morgan fingerprint density at radius 2 is 1.82 bits per heavy atom. The molecule has 0 spiro atoms. The largest absolute Gasteiger partial charge is 0.493 e. The molecule has 2 aromatic rings. The van der Waals surface area contributed by atoms with E-state index in [4.69, 9.17) is 14.2 Å². The molecule has 10 heteroatoms. The normalized spacial score (nSPS) is 10.4. The van der Waals surface area contributed by atoms with Crippen molar-refractivity contribution in [1.29, 1.82) is 0 Å². The van der Waals surface area contributed by atoms with E-state index >= 15 is 0 Å². The SMILES string of the molecule is COc1cc(C(=O)N(C)Cc2cc(Br)ccc2F)c([N+](=O)[O-])c(OC)c1OC. The van der Waals surface area contributed by atoms with Crippen LogP contribution < -0.4 is 14.2 Å². The van der Waals surface area contributed by atoms with Crippen molar-refractivity contribution in [3.63, 3.8) is 0 Å². The molecule has 0 radical (unpaired) electrons. The summed E-state index contributed by atoms with van der Waals surface area (Å²) in [6, 6.07) is 5.53. The third-order valence-electron chi connectivity index (χ3n) is 3.98. The van der Waals surface area contributed by atoms with Crippen LogP contribution in [0.25, 0.3) is 0 Å². The van der Waals surface area contributed by atoms with E-state index in [2.05, 4.69) is 15.9 Å². The predicted octanol–water partition coefficient (Wildman–Crippen LogP) is 3.79. The molecule has 0 aliphatic carbocycles. The van der Waals surface area contributed by atoms with E-state index in [1.807, 2.05) is 0 Å². The highest BCUT2D eigenvalue weighted by molar-refractivity contribution is 9.10. The lowest BCUT2D eigenvalue weighted by Gasteiger charge is -2.20. The molecule has 0 N–H and O–H groups in total. The summed E-state index contributed by atoms with van der Waals surface area (Å²) in [5.74, 6) is -1.35. The van der Waals surface area contributed by atoms with E-state index in [0.717, 1.165) is 0 Å². The molecular weight excluding hydrogens is 439 g/mol. The molecule has 0 aromatic heterocycles. The van der Waals surface area contributed by atoms with E-state index < -0.39 is 22.3 Å². The minimum absolute atomic E-state index is 0.00561. The Balaban J connectivity index is 2.54. The lowest BCUT2D eigenvalue weighted by Crippen LogP contribution is -2.27. The monoisotopic (exact) mass is 456 g/mol. The lowest BCUT2D eigenvalue weighted by molar-refractivity contribution is -0.386. The van der Waals surface area contributed by atoms with Crippen LogP contribution in [0.1, 0.15) is 15.9 Å². The average Bonchev–Trinajstić information content (AvgIpc) is 2.67. The van der Waals surface area contributed by atoms with Crippen molar-refractivity contribution in [3.8, 4) is 17.2 Å². The van der Waals surface area contributed by atoms with Crippen molar-refractivity contribution in [2.45, 2.75) is 6.54 Å². The number of amides is 1. The zero-order chi connectivity index (χ0) is 21.0. The van der Waals surface area contributed by atoms with Crippen molar-refractivity contribution < 1.29 is 28.3 Å². The van der Waals surface area contributed by atoms with Gasteiger partial charge in [0.15, 0.2) is 5.75 Å². The predicted molar refractivity (Wildman–Crippen MR) is 103 cm³/mol. The Hall–Kier alpha value is -2.88. The summed E-state index contributed by atoms with van der Waals surface area (Å²) in [6.07, 6.45) is 0. The van der Waals surface area contributed by atoms with Crippen molar-refractivity contribution >= 4 is 27.5 Å². The van der Waals surface area contributed by atoms with Crippen LogP contribution in [0.15, 0.2) is 28.7 Å². The van der Waals surface area contributed by atoms with Gasteiger partial charge < -0.3 is 19.1 Å². The summed E-state index contributed by atoms with van der Waals surface area (Å²) in [6.45, 7) is -0.0993. The fraction of sp³-hybridized carbons (Fsp3) is 0.278. The molecule has 0 aliphatic heterocycles. The molecule has 150 valence electrons. The van der Waals surface area contributed by atoms with Crippen LogP contribution in [0, 0.1) is 15.9 Å². The summed E-state index contributed by atoms with van der Waals surface area (Å²) >= 11 is 3.25. The number of nitrogens with zero attached hydrogens (tertiary/aromatic N) is 2. The van der Waals surface area contributed by atoms with Crippen LogP contribution in [-0.2, 0) is 6.54 Å². The highest BCUT2D eigenvalue weighted by Crippen LogP contribution is 2.46. The zero-order valence-corrected chi connectivity index (χ0v) is 17.2. The molecule has 0 saturated carbocycles. The van der Waals surface area contributed by atoms with Crippen LogP contribution in [0.3, 0.4) is 0 Å². The van der Waals surface area contributed by atoms with Gasteiger partial charge in [-0.05, 0) is 18.2 Å². The molecule has 0 atom stereocenters. The highest BCUT2D eigenvalue weighted by Gasteiger charge is 2.33. The summed E-state index contributed by atoms with van der Waals surface area (Å²) in [4.78, 5) is 25.0. The molecule has 8 nitrogen and oxygen atoms in total. The second-order valence-electron chi connectivity index (χ2n) is 5.70. The number of rotatable bonds is 7. The smallest absolute Gasteiger partial charge is 0.327 e. The first-order valence-corrected chi connectivity index (χ1v) is 8.71. The molecule has 0 aliphatic rings. The topological polar surface area (TPSA) is 91.1 Å². The number of carbonyl (C=O) groups is 1. The zero-order valence-electron chi connectivity index (χ0n) is 15.6. The van der Waals surface area contributed by atoms with Crippen molar-refractivity contribution in [3.05, 3.63) is 55.8 Å². The third kappa shape index (κ3) is 4.16. The summed E-state index contributed by atoms with van der Waals surface area (Å²) in [7, 11) is 5.26. The Morgan fingerprint density at radius 3 is 2.36 bits per heavy atom. The Kier molecular flexibility index (Phi) is 6.79. The van der Waals surface area contributed by atoms with E-state index in [0.29, 0.717) is 4.47 Å². The van der Waals surface area contributed by atoms with Crippen LogP contribution in [0.2, 0.25) is 0 Å². The van der Waals surface area contributed by atoms with Crippen LogP contribution in [-0.4, -0.2) is 44.1 Å². The maximum absolute atomic E-state index is 14.0. The first-order valence-electron chi connectivity index (χ1n) is 7.91. The Bertz CT molecular complexity index is 921. The minimum atomic E-state index is -0.735. The van der Waals surface area contributed by atoms with Gasteiger partial charge >= 0.3 is 5.69 Å². The molecular formula is C18H18BrFN2O6. The number of halogens is 2. The fourth-order valence-corrected chi connectivity index (χ4v) is 3.09. The van der Waals surface area contributed by atoms with E-state index in [9.17, 15) is 19.3 Å². The molecule has 0 saturated heterocycles. The van der Waals surface area contributed by atoms with E-state index in [1.54, 1.807) is 0 Å².